The van der Waals surface area contributed by atoms with Crippen LogP contribution in [0.15, 0.2) is 36.9 Å². The van der Waals surface area contributed by atoms with Gasteiger partial charge in [-0.05, 0) is 36.3 Å². The van der Waals surface area contributed by atoms with E-state index in [1.165, 1.54) is 0 Å². The van der Waals surface area contributed by atoms with E-state index < -0.39 is 30.1 Å². The molecule has 0 unspecified atom stereocenters. The fraction of sp³-hybridized carbons (Fsp3) is 0.474. The summed E-state index contributed by atoms with van der Waals surface area (Å²) < 4.78 is 44.4. The fourth-order valence-electron chi connectivity index (χ4n) is 3.53. The molecule has 0 bridgehead atoms. The number of rotatable bonds is 4. The standard InChI is InChI=1S/C19H22F3NO3/c1-4-6-13-7-5-8-14(11-13)16-12(2)9-10-15(17(24)26-3)23(16)18(25)19(20,21)22/h4-5,7-8,11-12,15-16H,1,6,9-10H2,2-3H3/t12-,15-,16-/m0/s1. The van der Waals surface area contributed by atoms with Crippen molar-refractivity contribution in [2.45, 2.75) is 44.4 Å². The van der Waals surface area contributed by atoms with Gasteiger partial charge in [0.1, 0.15) is 6.04 Å². The number of benzene rings is 1. The van der Waals surface area contributed by atoms with E-state index in [0.29, 0.717) is 23.3 Å². The van der Waals surface area contributed by atoms with Crippen LogP contribution in [0.1, 0.15) is 36.9 Å². The van der Waals surface area contributed by atoms with Gasteiger partial charge in [-0.3, -0.25) is 4.79 Å². The lowest BCUT2D eigenvalue weighted by Gasteiger charge is -2.44. The molecule has 0 aliphatic carbocycles. The van der Waals surface area contributed by atoms with E-state index in [4.69, 9.17) is 0 Å². The Morgan fingerprint density at radius 1 is 1.35 bits per heavy atom. The van der Waals surface area contributed by atoms with Gasteiger partial charge in [0.2, 0.25) is 0 Å². The topological polar surface area (TPSA) is 46.6 Å². The van der Waals surface area contributed by atoms with Crippen LogP contribution in [0.2, 0.25) is 0 Å². The smallest absolute Gasteiger partial charge is 0.467 e. The van der Waals surface area contributed by atoms with Crippen molar-refractivity contribution in [1.82, 2.24) is 4.90 Å². The van der Waals surface area contributed by atoms with Crippen LogP contribution in [-0.2, 0) is 20.7 Å². The maximum atomic E-state index is 13.2. The molecule has 1 aliphatic heterocycles. The van der Waals surface area contributed by atoms with E-state index in [1.807, 2.05) is 6.07 Å². The number of likely N-dealkylation sites (tertiary alicyclic amines) is 1. The van der Waals surface area contributed by atoms with Crippen LogP contribution in [0, 0.1) is 5.92 Å². The van der Waals surface area contributed by atoms with Crippen molar-refractivity contribution in [1.29, 1.82) is 0 Å². The van der Waals surface area contributed by atoms with E-state index in [0.717, 1.165) is 12.7 Å². The third kappa shape index (κ3) is 4.08. The van der Waals surface area contributed by atoms with Gasteiger partial charge in [0, 0.05) is 0 Å². The van der Waals surface area contributed by atoms with Crippen LogP contribution in [0.5, 0.6) is 0 Å². The highest BCUT2D eigenvalue weighted by Crippen LogP contribution is 2.41. The zero-order valence-corrected chi connectivity index (χ0v) is 14.8. The Morgan fingerprint density at radius 3 is 2.62 bits per heavy atom. The van der Waals surface area contributed by atoms with Gasteiger partial charge in [0.15, 0.2) is 0 Å². The molecule has 0 spiro atoms. The van der Waals surface area contributed by atoms with Gasteiger partial charge in [-0.1, -0.05) is 37.3 Å². The average Bonchev–Trinajstić information content (AvgIpc) is 2.59. The number of esters is 1. The van der Waals surface area contributed by atoms with Crippen molar-refractivity contribution < 1.29 is 27.5 Å². The van der Waals surface area contributed by atoms with Gasteiger partial charge < -0.3 is 9.64 Å². The number of alkyl halides is 3. The van der Waals surface area contributed by atoms with Crippen LogP contribution < -0.4 is 0 Å². The maximum Gasteiger partial charge on any atom is 0.471 e. The van der Waals surface area contributed by atoms with E-state index in [9.17, 15) is 22.8 Å². The monoisotopic (exact) mass is 369 g/mol. The average molecular weight is 369 g/mol. The number of ether oxygens (including phenoxy) is 1. The first-order valence-corrected chi connectivity index (χ1v) is 8.37. The number of hydrogen-bond acceptors (Lipinski definition) is 3. The number of hydrogen-bond donors (Lipinski definition) is 0. The van der Waals surface area contributed by atoms with E-state index in [2.05, 4.69) is 11.3 Å². The number of nitrogens with zero attached hydrogens (tertiary/aromatic N) is 1. The Morgan fingerprint density at radius 2 is 2.04 bits per heavy atom. The van der Waals surface area contributed by atoms with Crippen LogP contribution >= 0.6 is 0 Å². The molecule has 1 heterocycles. The predicted octanol–water partition coefficient (Wildman–Crippen LogP) is 3.82. The highest BCUT2D eigenvalue weighted by Gasteiger charge is 2.52. The molecule has 142 valence electrons. The van der Waals surface area contributed by atoms with Gasteiger partial charge in [-0.15, -0.1) is 6.58 Å². The minimum absolute atomic E-state index is 0.137. The van der Waals surface area contributed by atoms with Gasteiger partial charge >= 0.3 is 18.1 Å². The second-order valence-electron chi connectivity index (χ2n) is 6.49. The lowest BCUT2D eigenvalue weighted by molar-refractivity contribution is -0.197. The van der Waals surface area contributed by atoms with E-state index >= 15 is 0 Å². The molecule has 1 fully saturated rings. The SMILES string of the molecule is C=CCc1cccc([C@@H]2[C@@H](C)CC[C@@H](C(=O)OC)N2C(=O)C(F)(F)F)c1. The number of carbonyl (C=O) groups is 2. The molecule has 0 aromatic heterocycles. The molecule has 1 saturated heterocycles. The van der Waals surface area contributed by atoms with Crippen molar-refractivity contribution in [3.05, 3.63) is 48.0 Å². The van der Waals surface area contributed by atoms with Gasteiger partial charge in [0.25, 0.3) is 0 Å². The molecule has 2 rings (SSSR count). The van der Waals surface area contributed by atoms with Crippen molar-refractivity contribution in [2.75, 3.05) is 7.11 Å². The third-order valence-corrected chi connectivity index (χ3v) is 4.69. The maximum absolute atomic E-state index is 13.2. The molecule has 3 atom stereocenters. The Labute approximate surface area is 150 Å². The first kappa shape index (κ1) is 20.0. The summed E-state index contributed by atoms with van der Waals surface area (Å²) in [5, 5.41) is 0. The molecule has 0 N–H and O–H groups in total. The first-order chi connectivity index (χ1) is 12.2. The summed E-state index contributed by atoms with van der Waals surface area (Å²) in [5.74, 6) is -3.08. The number of amides is 1. The molecule has 26 heavy (non-hydrogen) atoms. The van der Waals surface area contributed by atoms with Crippen LogP contribution in [0.3, 0.4) is 0 Å². The lowest BCUT2D eigenvalue weighted by atomic mass is 9.82. The molecule has 4 nitrogen and oxygen atoms in total. The van der Waals surface area contributed by atoms with E-state index in [1.54, 1.807) is 31.2 Å². The zero-order chi connectivity index (χ0) is 19.5. The normalized spacial score (nSPS) is 23.4. The number of halogens is 3. The highest BCUT2D eigenvalue weighted by molar-refractivity contribution is 5.88. The molecule has 0 saturated carbocycles. The van der Waals surface area contributed by atoms with Crippen molar-refractivity contribution in [3.8, 4) is 0 Å². The van der Waals surface area contributed by atoms with Crippen molar-refractivity contribution in [3.63, 3.8) is 0 Å². The Kier molecular flexibility index (Phi) is 6.10. The largest absolute Gasteiger partial charge is 0.471 e. The number of allylic oxidation sites excluding steroid dienone is 1. The Bertz CT molecular complexity index is 687. The summed E-state index contributed by atoms with van der Waals surface area (Å²) in [4.78, 5) is 24.9. The van der Waals surface area contributed by atoms with Crippen molar-refractivity contribution in [2.24, 2.45) is 5.92 Å². The number of methoxy groups -OCH3 is 1. The second-order valence-corrected chi connectivity index (χ2v) is 6.49. The third-order valence-electron chi connectivity index (χ3n) is 4.69. The molecule has 1 aromatic carbocycles. The number of carbonyl (C=O) groups excluding carboxylic acids is 2. The van der Waals surface area contributed by atoms with Gasteiger partial charge in [-0.2, -0.15) is 13.2 Å². The van der Waals surface area contributed by atoms with Crippen LogP contribution in [-0.4, -0.2) is 36.1 Å². The van der Waals surface area contributed by atoms with E-state index in [-0.39, 0.29) is 12.3 Å². The molecule has 7 heteroatoms. The molecule has 1 amide bonds. The van der Waals surface area contributed by atoms with Crippen LogP contribution in [0.4, 0.5) is 13.2 Å². The summed E-state index contributed by atoms with van der Waals surface area (Å²) >= 11 is 0. The first-order valence-electron chi connectivity index (χ1n) is 8.37. The lowest BCUT2D eigenvalue weighted by Crippen LogP contribution is -2.56. The quantitative estimate of drug-likeness (QED) is 0.599. The molecular formula is C19H22F3NO3. The zero-order valence-electron chi connectivity index (χ0n) is 14.8. The van der Waals surface area contributed by atoms with Crippen molar-refractivity contribution >= 4 is 11.9 Å². The molecule has 1 aliphatic rings. The number of piperidine rings is 1. The summed E-state index contributed by atoms with van der Waals surface area (Å²) in [5.41, 5.74) is 1.45. The van der Waals surface area contributed by atoms with Gasteiger partial charge in [0.05, 0.1) is 13.2 Å². The van der Waals surface area contributed by atoms with Gasteiger partial charge in [-0.25, -0.2) is 4.79 Å². The fourth-order valence-corrected chi connectivity index (χ4v) is 3.53. The summed E-state index contributed by atoms with van der Waals surface area (Å²) in [6.45, 7) is 5.45. The molecular weight excluding hydrogens is 347 g/mol. The van der Waals surface area contributed by atoms with Crippen LogP contribution in [0.25, 0.3) is 0 Å². The Balaban J connectivity index is 2.53. The summed E-state index contributed by atoms with van der Waals surface area (Å²) in [7, 11) is 1.11. The summed E-state index contributed by atoms with van der Waals surface area (Å²) in [6, 6.07) is 4.92. The second kappa shape index (κ2) is 7.93. The molecule has 0 radical (unpaired) electrons. The Hall–Kier alpha value is -2.31. The minimum Gasteiger partial charge on any atom is -0.467 e. The summed E-state index contributed by atoms with van der Waals surface area (Å²) in [6.07, 6.45) is -2.17. The highest BCUT2D eigenvalue weighted by atomic mass is 19.4. The molecule has 1 aromatic rings. The minimum atomic E-state index is -5.07. The predicted molar refractivity (Wildman–Crippen MR) is 90.2 cm³/mol.